The van der Waals surface area contributed by atoms with Gasteiger partial charge in [-0.3, -0.25) is 4.68 Å². The fraction of sp³-hybridized carbons (Fsp3) is 0.500. The minimum absolute atomic E-state index is 0.159. The largest absolute Gasteiger partial charge is 0.381 e. The molecule has 1 aliphatic rings. The van der Waals surface area contributed by atoms with Crippen molar-refractivity contribution in [1.29, 1.82) is 0 Å². The summed E-state index contributed by atoms with van der Waals surface area (Å²) in [4.78, 5) is 7.57. The first-order valence-electron chi connectivity index (χ1n) is 5.22. The molecule has 1 aromatic heterocycles. The van der Waals surface area contributed by atoms with Crippen LogP contribution in [0, 0.1) is 0 Å². The van der Waals surface area contributed by atoms with E-state index in [4.69, 9.17) is 10.5 Å². The number of aromatic nitrogens is 2. The lowest BCUT2D eigenvalue weighted by Crippen LogP contribution is -2.19. The topological polar surface area (TPSA) is 77.8 Å². The first-order chi connectivity index (χ1) is 7.79. The molecule has 16 heavy (non-hydrogen) atoms. The van der Waals surface area contributed by atoms with Gasteiger partial charge in [0.1, 0.15) is 5.69 Å². The minimum atomic E-state index is 0.159. The molecule has 0 unspecified atom stereocenters. The van der Waals surface area contributed by atoms with E-state index in [1.54, 1.807) is 6.20 Å². The summed E-state index contributed by atoms with van der Waals surface area (Å²) in [5.74, 6) is 0.159. The molecule has 0 spiro atoms. The first-order valence-corrected chi connectivity index (χ1v) is 5.22. The van der Waals surface area contributed by atoms with Gasteiger partial charge in [-0.25, -0.2) is 9.98 Å². The molecule has 1 saturated heterocycles. The number of nitrogens with two attached hydrogens (primary N) is 1. The maximum atomic E-state index is 5.46. The van der Waals surface area contributed by atoms with Crippen molar-refractivity contribution < 1.29 is 4.74 Å². The minimum Gasteiger partial charge on any atom is -0.381 e. The van der Waals surface area contributed by atoms with Gasteiger partial charge in [-0.1, -0.05) is 0 Å². The number of nitrogens with zero attached hydrogens (tertiary/aromatic N) is 4. The Hall–Kier alpha value is -1.69. The van der Waals surface area contributed by atoms with Gasteiger partial charge < -0.3 is 10.5 Å². The number of rotatable bonds is 2. The number of aliphatic imine (C=N–C) groups is 2. The summed E-state index contributed by atoms with van der Waals surface area (Å²) in [5.41, 5.74) is 6.16. The van der Waals surface area contributed by atoms with Crippen LogP contribution in [-0.2, 0) is 4.74 Å². The molecule has 6 heteroatoms. The fourth-order valence-corrected chi connectivity index (χ4v) is 1.70. The van der Waals surface area contributed by atoms with E-state index in [2.05, 4.69) is 21.8 Å². The zero-order chi connectivity index (χ0) is 11.4. The van der Waals surface area contributed by atoms with Gasteiger partial charge in [0.2, 0.25) is 5.96 Å². The molecule has 2 N–H and O–H groups in total. The van der Waals surface area contributed by atoms with Gasteiger partial charge in [-0.05, 0) is 19.6 Å². The second-order valence-electron chi connectivity index (χ2n) is 3.65. The lowest BCUT2D eigenvalue weighted by Gasteiger charge is -2.22. The molecule has 0 radical (unpaired) electrons. The van der Waals surface area contributed by atoms with E-state index in [0.717, 1.165) is 26.1 Å². The quantitative estimate of drug-likeness (QED) is 0.595. The highest BCUT2D eigenvalue weighted by Crippen LogP contribution is 2.22. The van der Waals surface area contributed by atoms with Crippen LogP contribution in [0.2, 0.25) is 0 Å². The highest BCUT2D eigenvalue weighted by molar-refractivity contribution is 5.84. The summed E-state index contributed by atoms with van der Waals surface area (Å²) in [5, 5.41) is 4.26. The summed E-state index contributed by atoms with van der Waals surface area (Å²) in [7, 11) is 0. The van der Waals surface area contributed by atoms with Gasteiger partial charge in [-0.15, -0.1) is 0 Å². The third kappa shape index (κ3) is 2.46. The molecule has 2 heterocycles. The molecular weight excluding hydrogens is 206 g/mol. The Morgan fingerprint density at radius 3 is 3.00 bits per heavy atom. The molecule has 0 aromatic carbocycles. The molecule has 0 saturated carbocycles. The van der Waals surface area contributed by atoms with Crippen LogP contribution < -0.4 is 5.73 Å². The van der Waals surface area contributed by atoms with Crippen LogP contribution in [0.5, 0.6) is 0 Å². The predicted molar refractivity (Wildman–Crippen MR) is 62.1 cm³/mol. The number of ether oxygens (including phenoxy) is 1. The Bertz CT molecular complexity index is 392. The maximum absolute atomic E-state index is 5.46. The van der Waals surface area contributed by atoms with Gasteiger partial charge in [0.25, 0.3) is 0 Å². The standard InChI is InChI=1S/C10H15N5O/c1-12-10(11)14-8-6-13-15(7-8)9-2-4-16-5-3-9/h6-7,9H,1-5H2,(H2,11,14). The SMILES string of the molecule is C=NC(N)=Nc1cnn(C2CCOCC2)c1. The summed E-state index contributed by atoms with van der Waals surface area (Å²) in [6.45, 7) is 4.89. The third-order valence-electron chi connectivity index (χ3n) is 2.56. The van der Waals surface area contributed by atoms with Crippen LogP contribution in [0.25, 0.3) is 0 Å². The summed E-state index contributed by atoms with van der Waals surface area (Å²) in [6.07, 6.45) is 5.52. The van der Waals surface area contributed by atoms with Crippen LogP contribution >= 0.6 is 0 Å². The molecular formula is C10H15N5O. The number of hydrogen-bond donors (Lipinski definition) is 1. The monoisotopic (exact) mass is 221 g/mol. The van der Waals surface area contributed by atoms with Crippen molar-refractivity contribution in [2.45, 2.75) is 18.9 Å². The van der Waals surface area contributed by atoms with E-state index in [1.165, 1.54) is 0 Å². The van der Waals surface area contributed by atoms with Crippen molar-refractivity contribution >= 4 is 18.4 Å². The molecule has 86 valence electrons. The normalized spacial score (nSPS) is 18.6. The first kappa shape index (κ1) is 10.8. The highest BCUT2D eigenvalue weighted by Gasteiger charge is 2.16. The molecule has 2 rings (SSSR count). The average molecular weight is 221 g/mol. The molecule has 0 aliphatic carbocycles. The third-order valence-corrected chi connectivity index (χ3v) is 2.56. The van der Waals surface area contributed by atoms with E-state index >= 15 is 0 Å². The fourth-order valence-electron chi connectivity index (χ4n) is 1.70. The lowest BCUT2D eigenvalue weighted by atomic mass is 10.1. The van der Waals surface area contributed by atoms with Crippen molar-refractivity contribution in [3.8, 4) is 0 Å². The van der Waals surface area contributed by atoms with Gasteiger partial charge in [0.05, 0.1) is 18.4 Å². The summed E-state index contributed by atoms with van der Waals surface area (Å²) >= 11 is 0. The van der Waals surface area contributed by atoms with Crippen LogP contribution in [0.15, 0.2) is 22.4 Å². The van der Waals surface area contributed by atoms with E-state index in [0.29, 0.717) is 11.7 Å². The summed E-state index contributed by atoms with van der Waals surface area (Å²) in [6, 6.07) is 0.399. The Morgan fingerprint density at radius 2 is 2.31 bits per heavy atom. The van der Waals surface area contributed by atoms with Crippen molar-refractivity contribution in [2.75, 3.05) is 13.2 Å². The smallest absolute Gasteiger partial charge is 0.220 e. The zero-order valence-electron chi connectivity index (χ0n) is 9.04. The predicted octanol–water partition coefficient (Wildman–Crippen LogP) is 0.881. The molecule has 1 fully saturated rings. The van der Waals surface area contributed by atoms with Crippen molar-refractivity contribution in [3.05, 3.63) is 12.4 Å². The van der Waals surface area contributed by atoms with E-state index in [-0.39, 0.29) is 5.96 Å². The van der Waals surface area contributed by atoms with Crippen molar-refractivity contribution in [1.82, 2.24) is 9.78 Å². The molecule has 1 aromatic rings. The number of hydrogen-bond acceptors (Lipinski definition) is 3. The van der Waals surface area contributed by atoms with E-state index in [1.807, 2.05) is 10.9 Å². The number of guanidine groups is 1. The van der Waals surface area contributed by atoms with Crippen molar-refractivity contribution in [2.24, 2.45) is 15.7 Å². The molecule has 0 atom stereocenters. The van der Waals surface area contributed by atoms with Crippen LogP contribution in [0.1, 0.15) is 18.9 Å². The maximum Gasteiger partial charge on any atom is 0.220 e. The second-order valence-corrected chi connectivity index (χ2v) is 3.65. The Kier molecular flexibility index (Phi) is 3.31. The van der Waals surface area contributed by atoms with Gasteiger partial charge in [-0.2, -0.15) is 5.10 Å². The van der Waals surface area contributed by atoms with Crippen LogP contribution in [0.3, 0.4) is 0 Å². The second kappa shape index (κ2) is 4.89. The van der Waals surface area contributed by atoms with Gasteiger partial charge in [0.15, 0.2) is 0 Å². The molecule has 6 nitrogen and oxygen atoms in total. The lowest BCUT2D eigenvalue weighted by molar-refractivity contribution is 0.0662. The zero-order valence-corrected chi connectivity index (χ0v) is 9.04. The van der Waals surface area contributed by atoms with Gasteiger partial charge in [0, 0.05) is 13.2 Å². The molecule has 0 bridgehead atoms. The Morgan fingerprint density at radius 1 is 1.56 bits per heavy atom. The Labute approximate surface area is 93.8 Å². The van der Waals surface area contributed by atoms with E-state index < -0.39 is 0 Å². The van der Waals surface area contributed by atoms with E-state index in [9.17, 15) is 0 Å². The van der Waals surface area contributed by atoms with Crippen molar-refractivity contribution in [3.63, 3.8) is 0 Å². The van der Waals surface area contributed by atoms with Gasteiger partial charge >= 0.3 is 0 Å². The van der Waals surface area contributed by atoms with Crippen LogP contribution in [0.4, 0.5) is 5.69 Å². The summed E-state index contributed by atoms with van der Waals surface area (Å²) < 4.78 is 7.21. The molecule has 0 amide bonds. The van der Waals surface area contributed by atoms with Crippen LogP contribution in [-0.4, -0.2) is 35.7 Å². The Balaban J connectivity index is 2.09. The molecule has 1 aliphatic heterocycles. The average Bonchev–Trinajstić information content (AvgIpc) is 2.78. The highest BCUT2D eigenvalue weighted by atomic mass is 16.5.